The van der Waals surface area contributed by atoms with Gasteiger partial charge in [-0.3, -0.25) is 4.90 Å². The van der Waals surface area contributed by atoms with E-state index in [0.717, 1.165) is 30.9 Å². The van der Waals surface area contributed by atoms with Gasteiger partial charge in [0.2, 0.25) is 0 Å². The molecule has 0 unspecified atom stereocenters. The SMILES string of the molecule is Cc1cc2cc(CN3CCC[C@@H]3CO)oc2cc1C. The first-order valence-electron chi connectivity index (χ1n) is 7.02. The van der Waals surface area contributed by atoms with E-state index >= 15 is 0 Å². The summed E-state index contributed by atoms with van der Waals surface area (Å²) >= 11 is 0. The molecule has 3 rings (SSSR count). The number of hydrogen-bond donors (Lipinski definition) is 1. The average Bonchev–Trinajstić information content (AvgIpc) is 2.96. The van der Waals surface area contributed by atoms with E-state index < -0.39 is 0 Å². The molecule has 19 heavy (non-hydrogen) atoms. The van der Waals surface area contributed by atoms with Gasteiger partial charge in [-0.1, -0.05) is 0 Å². The highest BCUT2D eigenvalue weighted by molar-refractivity contribution is 5.79. The number of aryl methyl sites for hydroxylation is 2. The Morgan fingerprint density at radius 1 is 1.26 bits per heavy atom. The highest BCUT2D eigenvalue weighted by atomic mass is 16.3. The number of nitrogens with zero attached hydrogens (tertiary/aromatic N) is 1. The highest BCUT2D eigenvalue weighted by Crippen LogP contribution is 2.26. The van der Waals surface area contributed by atoms with Crippen LogP contribution in [0.15, 0.2) is 22.6 Å². The Labute approximate surface area is 113 Å². The van der Waals surface area contributed by atoms with Crippen LogP contribution in [0, 0.1) is 13.8 Å². The molecule has 0 amide bonds. The number of rotatable bonds is 3. The van der Waals surface area contributed by atoms with Gasteiger partial charge in [0.15, 0.2) is 0 Å². The lowest BCUT2D eigenvalue weighted by atomic mass is 10.1. The summed E-state index contributed by atoms with van der Waals surface area (Å²) in [6.07, 6.45) is 2.26. The van der Waals surface area contributed by atoms with Gasteiger partial charge in [-0.2, -0.15) is 0 Å². The molecule has 3 nitrogen and oxygen atoms in total. The number of benzene rings is 1. The minimum atomic E-state index is 0.248. The summed E-state index contributed by atoms with van der Waals surface area (Å²) in [6, 6.07) is 6.73. The monoisotopic (exact) mass is 259 g/mol. The predicted molar refractivity (Wildman–Crippen MR) is 76.2 cm³/mol. The van der Waals surface area contributed by atoms with Crippen LogP contribution >= 0.6 is 0 Å². The molecule has 0 radical (unpaired) electrons. The number of likely N-dealkylation sites (tertiary alicyclic amines) is 1. The molecule has 3 heteroatoms. The van der Waals surface area contributed by atoms with Crippen LogP contribution in [0.1, 0.15) is 29.7 Å². The Balaban J connectivity index is 1.85. The lowest BCUT2D eigenvalue weighted by molar-refractivity contribution is 0.147. The van der Waals surface area contributed by atoms with Gasteiger partial charge in [-0.25, -0.2) is 0 Å². The van der Waals surface area contributed by atoms with Crippen molar-refractivity contribution in [2.24, 2.45) is 0 Å². The Bertz CT molecular complexity index is 549. The molecule has 0 spiro atoms. The fourth-order valence-corrected chi connectivity index (χ4v) is 2.95. The first-order chi connectivity index (χ1) is 9.17. The van der Waals surface area contributed by atoms with Gasteiger partial charge in [0.05, 0.1) is 13.2 Å². The lowest BCUT2D eigenvalue weighted by Gasteiger charge is -2.20. The summed E-state index contributed by atoms with van der Waals surface area (Å²) in [7, 11) is 0. The van der Waals surface area contributed by atoms with Gasteiger partial charge >= 0.3 is 0 Å². The Kier molecular flexibility index (Phi) is 3.33. The molecule has 2 aromatic rings. The largest absolute Gasteiger partial charge is 0.460 e. The summed E-state index contributed by atoms with van der Waals surface area (Å²) in [4.78, 5) is 2.32. The molecule has 0 saturated carbocycles. The molecule has 1 aromatic carbocycles. The molecule has 0 aliphatic carbocycles. The second-order valence-electron chi connectivity index (χ2n) is 5.64. The standard InChI is InChI=1S/C16H21NO2/c1-11-6-13-8-15(19-16(13)7-12(11)2)9-17-5-3-4-14(17)10-18/h6-8,14,18H,3-5,9-10H2,1-2H3/t14-/m1/s1. The fraction of sp³-hybridized carbons (Fsp3) is 0.500. The maximum atomic E-state index is 9.35. The number of furan rings is 1. The molecule has 1 aliphatic rings. The molecule has 1 N–H and O–H groups in total. The van der Waals surface area contributed by atoms with Gasteiger partial charge in [-0.15, -0.1) is 0 Å². The molecule has 0 bridgehead atoms. The zero-order valence-electron chi connectivity index (χ0n) is 11.6. The molecular formula is C16H21NO2. The van der Waals surface area contributed by atoms with E-state index in [4.69, 9.17) is 4.42 Å². The third kappa shape index (κ3) is 2.40. The van der Waals surface area contributed by atoms with Crippen LogP contribution in [0.4, 0.5) is 0 Å². The first kappa shape index (κ1) is 12.7. The Morgan fingerprint density at radius 3 is 2.84 bits per heavy atom. The summed E-state index contributed by atoms with van der Waals surface area (Å²) in [5.74, 6) is 1.00. The summed E-state index contributed by atoms with van der Waals surface area (Å²) in [5, 5.41) is 10.5. The van der Waals surface area contributed by atoms with Crippen molar-refractivity contribution in [2.75, 3.05) is 13.2 Å². The first-order valence-corrected chi connectivity index (χ1v) is 7.02. The summed E-state index contributed by atoms with van der Waals surface area (Å²) in [6.45, 7) is 6.35. The molecule has 1 atom stereocenters. The Hall–Kier alpha value is -1.32. The number of hydrogen-bond acceptors (Lipinski definition) is 3. The molecule has 1 aliphatic heterocycles. The van der Waals surface area contributed by atoms with Gasteiger partial charge in [0.25, 0.3) is 0 Å². The third-order valence-electron chi connectivity index (χ3n) is 4.25. The predicted octanol–water partition coefficient (Wildman–Crippen LogP) is 3.01. The maximum absolute atomic E-state index is 9.35. The van der Waals surface area contributed by atoms with E-state index in [1.165, 1.54) is 22.9 Å². The number of aliphatic hydroxyl groups is 1. The molecule has 1 saturated heterocycles. The van der Waals surface area contributed by atoms with E-state index in [2.05, 4.69) is 36.9 Å². The van der Waals surface area contributed by atoms with E-state index in [1.807, 2.05) is 0 Å². The van der Waals surface area contributed by atoms with Crippen LogP contribution in [-0.2, 0) is 6.54 Å². The van der Waals surface area contributed by atoms with Crippen LogP contribution in [-0.4, -0.2) is 29.2 Å². The topological polar surface area (TPSA) is 36.6 Å². The van der Waals surface area contributed by atoms with Gasteiger partial charge in [-0.05, 0) is 62.6 Å². The molecule has 102 valence electrons. The summed E-state index contributed by atoms with van der Waals surface area (Å²) < 4.78 is 5.94. The van der Waals surface area contributed by atoms with Crippen molar-refractivity contribution in [1.82, 2.24) is 4.90 Å². The van der Waals surface area contributed by atoms with Crippen LogP contribution in [0.25, 0.3) is 11.0 Å². The Morgan fingerprint density at radius 2 is 2.05 bits per heavy atom. The van der Waals surface area contributed by atoms with Crippen molar-refractivity contribution in [3.8, 4) is 0 Å². The molecule has 2 heterocycles. The van der Waals surface area contributed by atoms with Crippen LogP contribution in [0.2, 0.25) is 0 Å². The lowest BCUT2D eigenvalue weighted by Crippen LogP contribution is -2.31. The highest BCUT2D eigenvalue weighted by Gasteiger charge is 2.24. The van der Waals surface area contributed by atoms with Crippen molar-refractivity contribution < 1.29 is 9.52 Å². The van der Waals surface area contributed by atoms with Crippen LogP contribution < -0.4 is 0 Å². The molecular weight excluding hydrogens is 238 g/mol. The quantitative estimate of drug-likeness (QED) is 0.920. The molecule has 1 fully saturated rings. The van der Waals surface area contributed by atoms with Crippen LogP contribution in [0.5, 0.6) is 0 Å². The summed E-state index contributed by atoms with van der Waals surface area (Å²) in [5.41, 5.74) is 3.54. The van der Waals surface area contributed by atoms with Crippen molar-refractivity contribution in [3.05, 3.63) is 35.1 Å². The van der Waals surface area contributed by atoms with Gasteiger partial charge in [0.1, 0.15) is 11.3 Å². The van der Waals surface area contributed by atoms with Gasteiger partial charge in [0, 0.05) is 11.4 Å². The zero-order valence-corrected chi connectivity index (χ0v) is 11.6. The smallest absolute Gasteiger partial charge is 0.134 e. The van der Waals surface area contributed by atoms with Crippen molar-refractivity contribution in [2.45, 2.75) is 39.3 Å². The second kappa shape index (κ2) is 4.99. The van der Waals surface area contributed by atoms with Crippen molar-refractivity contribution in [3.63, 3.8) is 0 Å². The fourth-order valence-electron chi connectivity index (χ4n) is 2.95. The van der Waals surface area contributed by atoms with E-state index in [1.54, 1.807) is 0 Å². The zero-order chi connectivity index (χ0) is 13.4. The van der Waals surface area contributed by atoms with Crippen molar-refractivity contribution >= 4 is 11.0 Å². The third-order valence-corrected chi connectivity index (χ3v) is 4.25. The minimum Gasteiger partial charge on any atom is -0.460 e. The van der Waals surface area contributed by atoms with Gasteiger partial charge < -0.3 is 9.52 Å². The van der Waals surface area contributed by atoms with Crippen LogP contribution in [0.3, 0.4) is 0 Å². The molecule has 1 aromatic heterocycles. The van der Waals surface area contributed by atoms with E-state index in [-0.39, 0.29) is 6.61 Å². The normalized spacial score (nSPS) is 20.5. The number of aliphatic hydroxyl groups excluding tert-OH is 1. The number of fused-ring (bicyclic) bond motifs is 1. The van der Waals surface area contributed by atoms with E-state index in [0.29, 0.717) is 6.04 Å². The average molecular weight is 259 g/mol. The second-order valence-corrected chi connectivity index (χ2v) is 5.64. The maximum Gasteiger partial charge on any atom is 0.134 e. The minimum absolute atomic E-state index is 0.248. The van der Waals surface area contributed by atoms with Crippen molar-refractivity contribution in [1.29, 1.82) is 0 Å². The van der Waals surface area contributed by atoms with E-state index in [9.17, 15) is 5.11 Å².